The molecule has 130 valence electrons. The van der Waals surface area contributed by atoms with Crippen LogP contribution in [0.2, 0.25) is 0 Å². The highest BCUT2D eigenvalue weighted by Gasteiger charge is 2.11. The van der Waals surface area contributed by atoms with Gasteiger partial charge in [-0.05, 0) is 42.8 Å². The molecule has 3 aromatic rings. The Labute approximate surface area is 147 Å². The van der Waals surface area contributed by atoms with Crippen LogP contribution in [0.5, 0.6) is 5.75 Å². The Morgan fingerprint density at radius 3 is 2.48 bits per heavy atom. The van der Waals surface area contributed by atoms with Crippen LogP contribution < -0.4 is 9.46 Å². The van der Waals surface area contributed by atoms with Crippen molar-refractivity contribution < 1.29 is 13.2 Å². The number of methoxy groups -OCH3 is 1. The van der Waals surface area contributed by atoms with Crippen LogP contribution in [0.25, 0.3) is 28.4 Å². The standard InChI is InChI=1S/C19H20N2O3S/c1-4-21-18(12-15-8-11-17(24-3)13-19(15)21)14-6-9-16(10-7-14)20-25(22,23)5-2/h4,6-13,20H,1,5H2,2-3H3. The van der Waals surface area contributed by atoms with E-state index in [0.29, 0.717) is 5.69 Å². The Balaban J connectivity index is 2.03. The Kier molecular flexibility index (Phi) is 4.55. The highest BCUT2D eigenvalue weighted by Crippen LogP contribution is 2.31. The molecule has 2 aromatic carbocycles. The van der Waals surface area contributed by atoms with Crippen LogP contribution in [-0.4, -0.2) is 25.8 Å². The second kappa shape index (κ2) is 6.64. The van der Waals surface area contributed by atoms with Crippen LogP contribution in [0.1, 0.15) is 6.92 Å². The third kappa shape index (κ3) is 3.39. The Hall–Kier alpha value is -2.73. The summed E-state index contributed by atoms with van der Waals surface area (Å²) in [7, 11) is -1.64. The molecule has 0 spiro atoms. The number of fused-ring (bicyclic) bond motifs is 1. The van der Waals surface area contributed by atoms with E-state index in [0.717, 1.165) is 27.9 Å². The minimum absolute atomic E-state index is 0.0429. The Bertz CT molecular complexity index is 1020. The van der Waals surface area contributed by atoms with E-state index in [1.54, 1.807) is 32.4 Å². The van der Waals surface area contributed by atoms with E-state index in [4.69, 9.17) is 4.74 Å². The van der Waals surface area contributed by atoms with Crippen molar-refractivity contribution in [3.8, 4) is 17.0 Å². The number of aromatic nitrogens is 1. The lowest BCUT2D eigenvalue weighted by Gasteiger charge is -2.09. The fraction of sp³-hybridized carbons (Fsp3) is 0.158. The van der Waals surface area contributed by atoms with Gasteiger partial charge in [-0.1, -0.05) is 18.7 Å². The van der Waals surface area contributed by atoms with Crippen LogP contribution in [0, 0.1) is 0 Å². The van der Waals surface area contributed by atoms with E-state index in [9.17, 15) is 8.42 Å². The van der Waals surface area contributed by atoms with E-state index < -0.39 is 10.0 Å². The average molecular weight is 356 g/mol. The minimum Gasteiger partial charge on any atom is -0.497 e. The molecule has 5 nitrogen and oxygen atoms in total. The van der Waals surface area contributed by atoms with Crippen molar-refractivity contribution in [3.05, 3.63) is 55.1 Å². The average Bonchev–Trinajstić information content (AvgIpc) is 2.99. The van der Waals surface area contributed by atoms with Gasteiger partial charge in [-0.3, -0.25) is 4.72 Å². The summed E-state index contributed by atoms with van der Waals surface area (Å²) in [5.74, 6) is 0.825. The monoisotopic (exact) mass is 356 g/mol. The summed E-state index contributed by atoms with van der Waals surface area (Å²) in [5.41, 5.74) is 3.49. The number of rotatable bonds is 6. The molecule has 0 amide bonds. The summed E-state index contributed by atoms with van der Waals surface area (Å²) in [6, 6.07) is 15.2. The van der Waals surface area contributed by atoms with Gasteiger partial charge in [0.1, 0.15) is 5.75 Å². The first-order valence-electron chi connectivity index (χ1n) is 7.90. The van der Waals surface area contributed by atoms with Crippen molar-refractivity contribution in [2.45, 2.75) is 6.92 Å². The third-order valence-electron chi connectivity index (χ3n) is 4.07. The molecule has 0 saturated heterocycles. The molecule has 25 heavy (non-hydrogen) atoms. The highest BCUT2D eigenvalue weighted by atomic mass is 32.2. The van der Waals surface area contributed by atoms with Gasteiger partial charge in [0.2, 0.25) is 10.0 Å². The maximum atomic E-state index is 11.7. The topological polar surface area (TPSA) is 60.3 Å². The van der Waals surface area contributed by atoms with Crippen molar-refractivity contribution in [3.63, 3.8) is 0 Å². The molecular formula is C19H20N2O3S. The highest BCUT2D eigenvalue weighted by molar-refractivity contribution is 7.92. The number of nitrogens with one attached hydrogen (secondary N) is 1. The van der Waals surface area contributed by atoms with Crippen molar-refractivity contribution in [1.82, 2.24) is 4.57 Å². The quantitative estimate of drug-likeness (QED) is 0.721. The van der Waals surface area contributed by atoms with E-state index in [2.05, 4.69) is 17.4 Å². The van der Waals surface area contributed by atoms with Crippen molar-refractivity contribution >= 4 is 32.8 Å². The minimum atomic E-state index is -3.28. The molecule has 0 unspecified atom stereocenters. The molecular weight excluding hydrogens is 336 g/mol. The molecule has 0 aliphatic heterocycles. The van der Waals surface area contributed by atoms with E-state index in [1.807, 2.05) is 34.9 Å². The molecule has 1 aromatic heterocycles. The lowest BCUT2D eigenvalue weighted by Crippen LogP contribution is -2.14. The van der Waals surface area contributed by atoms with Crippen molar-refractivity contribution in [1.29, 1.82) is 0 Å². The first kappa shape index (κ1) is 17.1. The number of nitrogens with zero attached hydrogens (tertiary/aromatic N) is 1. The summed E-state index contributed by atoms with van der Waals surface area (Å²) in [5, 5.41) is 1.08. The fourth-order valence-corrected chi connectivity index (χ4v) is 3.35. The number of hydrogen-bond donors (Lipinski definition) is 1. The number of hydrogen-bond acceptors (Lipinski definition) is 3. The van der Waals surface area contributed by atoms with Gasteiger partial charge in [0, 0.05) is 23.3 Å². The second-order valence-corrected chi connectivity index (χ2v) is 7.60. The maximum absolute atomic E-state index is 11.7. The summed E-state index contributed by atoms with van der Waals surface area (Å²) in [4.78, 5) is 0. The fourth-order valence-electron chi connectivity index (χ4n) is 2.71. The number of anilines is 1. The molecule has 3 rings (SSSR count). The molecule has 0 saturated carbocycles. The molecule has 0 aliphatic rings. The summed E-state index contributed by atoms with van der Waals surface area (Å²) < 4.78 is 33.2. The van der Waals surface area contributed by atoms with Gasteiger partial charge in [-0.2, -0.15) is 0 Å². The maximum Gasteiger partial charge on any atom is 0.232 e. The van der Waals surface area contributed by atoms with E-state index >= 15 is 0 Å². The predicted octanol–water partition coefficient (Wildman–Crippen LogP) is 4.18. The van der Waals surface area contributed by atoms with Gasteiger partial charge in [0.15, 0.2) is 0 Å². The second-order valence-electron chi connectivity index (χ2n) is 5.59. The molecule has 0 radical (unpaired) electrons. The smallest absolute Gasteiger partial charge is 0.232 e. The van der Waals surface area contributed by atoms with E-state index in [-0.39, 0.29) is 5.75 Å². The Morgan fingerprint density at radius 1 is 1.16 bits per heavy atom. The van der Waals surface area contributed by atoms with Crippen molar-refractivity contribution in [2.24, 2.45) is 0 Å². The number of ether oxygens (including phenoxy) is 1. The lowest BCUT2D eigenvalue weighted by molar-refractivity contribution is 0.415. The van der Waals surface area contributed by atoms with Gasteiger partial charge < -0.3 is 9.30 Å². The van der Waals surface area contributed by atoms with Crippen molar-refractivity contribution in [2.75, 3.05) is 17.6 Å². The molecule has 0 atom stereocenters. The summed E-state index contributed by atoms with van der Waals surface area (Å²) in [6.07, 6.45) is 1.75. The zero-order valence-electron chi connectivity index (χ0n) is 14.2. The predicted molar refractivity (Wildman–Crippen MR) is 103 cm³/mol. The van der Waals surface area contributed by atoms with Gasteiger partial charge in [-0.15, -0.1) is 0 Å². The number of benzene rings is 2. The normalized spacial score (nSPS) is 11.4. The summed E-state index contributed by atoms with van der Waals surface area (Å²) >= 11 is 0. The van der Waals surface area contributed by atoms with Gasteiger partial charge in [0.05, 0.1) is 24.1 Å². The SMILES string of the molecule is C=Cn1c(-c2ccc(NS(=O)(=O)CC)cc2)cc2ccc(OC)cc21. The van der Waals surface area contributed by atoms with Crippen LogP contribution in [-0.2, 0) is 10.0 Å². The molecule has 1 N–H and O–H groups in total. The van der Waals surface area contributed by atoms with Crippen LogP contribution in [0.15, 0.2) is 55.1 Å². The largest absolute Gasteiger partial charge is 0.497 e. The van der Waals surface area contributed by atoms with Gasteiger partial charge >= 0.3 is 0 Å². The zero-order chi connectivity index (χ0) is 18.0. The lowest BCUT2D eigenvalue weighted by atomic mass is 10.1. The first-order valence-corrected chi connectivity index (χ1v) is 9.55. The van der Waals surface area contributed by atoms with Crippen LogP contribution in [0.4, 0.5) is 5.69 Å². The third-order valence-corrected chi connectivity index (χ3v) is 5.37. The molecule has 6 heteroatoms. The molecule has 0 fully saturated rings. The van der Waals surface area contributed by atoms with Gasteiger partial charge in [-0.25, -0.2) is 8.42 Å². The van der Waals surface area contributed by atoms with Crippen LogP contribution in [0.3, 0.4) is 0 Å². The Morgan fingerprint density at radius 2 is 1.88 bits per heavy atom. The molecule has 1 heterocycles. The first-order chi connectivity index (χ1) is 12.0. The van der Waals surface area contributed by atoms with Crippen LogP contribution >= 0.6 is 0 Å². The zero-order valence-corrected chi connectivity index (χ0v) is 15.0. The summed E-state index contributed by atoms with van der Waals surface area (Å²) in [6.45, 7) is 5.51. The number of sulfonamides is 1. The molecule has 0 bridgehead atoms. The molecule has 0 aliphatic carbocycles. The van der Waals surface area contributed by atoms with Gasteiger partial charge in [0.25, 0.3) is 0 Å². The van der Waals surface area contributed by atoms with E-state index in [1.165, 1.54) is 0 Å².